The third-order valence-corrected chi connectivity index (χ3v) is 3.93. The Morgan fingerprint density at radius 2 is 1.90 bits per heavy atom. The van der Waals surface area contributed by atoms with Gasteiger partial charge in [0.25, 0.3) is 0 Å². The summed E-state index contributed by atoms with van der Waals surface area (Å²) in [6.07, 6.45) is 5.19. The minimum atomic E-state index is -0.0933. The van der Waals surface area contributed by atoms with Gasteiger partial charge in [-0.15, -0.1) is 0 Å². The van der Waals surface area contributed by atoms with E-state index in [9.17, 15) is 0 Å². The zero-order valence-electron chi connectivity index (χ0n) is 13.1. The Hall–Kier alpha value is -1.36. The zero-order valence-corrected chi connectivity index (χ0v) is 13.1. The summed E-state index contributed by atoms with van der Waals surface area (Å²) in [5, 5.41) is 3.47. The van der Waals surface area contributed by atoms with E-state index in [0.29, 0.717) is 11.2 Å². The molecule has 20 heavy (non-hydrogen) atoms. The number of hydrazine groups is 1. The summed E-state index contributed by atoms with van der Waals surface area (Å²) in [5.74, 6) is 7.83. The van der Waals surface area contributed by atoms with E-state index in [0.717, 1.165) is 18.2 Å². The van der Waals surface area contributed by atoms with Gasteiger partial charge in [-0.05, 0) is 24.7 Å². The second kappa shape index (κ2) is 5.56. The molecule has 0 aliphatic heterocycles. The highest BCUT2D eigenvalue weighted by molar-refractivity contribution is 5.47. The molecule has 0 amide bonds. The van der Waals surface area contributed by atoms with Crippen LogP contribution in [0.25, 0.3) is 0 Å². The summed E-state index contributed by atoms with van der Waals surface area (Å²) in [6, 6.07) is 1.87. The van der Waals surface area contributed by atoms with Crippen molar-refractivity contribution in [2.24, 2.45) is 11.3 Å². The summed E-state index contributed by atoms with van der Waals surface area (Å²) in [7, 11) is 0. The van der Waals surface area contributed by atoms with Crippen LogP contribution in [-0.2, 0) is 5.41 Å². The van der Waals surface area contributed by atoms with Gasteiger partial charge in [-0.2, -0.15) is 0 Å². The van der Waals surface area contributed by atoms with Gasteiger partial charge in [0.2, 0.25) is 0 Å². The van der Waals surface area contributed by atoms with E-state index in [4.69, 9.17) is 5.84 Å². The van der Waals surface area contributed by atoms with Crippen molar-refractivity contribution in [2.45, 2.75) is 58.8 Å². The Morgan fingerprint density at radius 1 is 1.25 bits per heavy atom. The number of nitrogen functional groups attached to an aromatic ring is 1. The summed E-state index contributed by atoms with van der Waals surface area (Å²) >= 11 is 0. The molecule has 4 N–H and O–H groups in total. The molecule has 0 aromatic carbocycles. The van der Waals surface area contributed by atoms with E-state index in [1.807, 2.05) is 6.07 Å². The van der Waals surface area contributed by atoms with Gasteiger partial charge in [0.05, 0.1) is 0 Å². The summed E-state index contributed by atoms with van der Waals surface area (Å²) < 4.78 is 0. The molecule has 5 heteroatoms. The Balaban J connectivity index is 2.11. The number of nitrogens with zero attached hydrogens (tertiary/aromatic N) is 2. The molecule has 2 rings (SSSR count). The van der Waals surface area contributed by atoms with E-state index in [2.05, 4.69) is 48.4 Å². The van der Waals surface area contributed by atoms with Gasteiger partial charge in [0.15, 0.2) is 0 Å². The SMILES string of the molecule is CCCC1(CNc2cc(NN)nc(C(C)(C)C)n2)CC1. The first-order valence-corrected chi connectivity index (χ1v) is 7.49. The second-order valence-electron chi connectivity index (χ2n) is 6.96. The van der Waals surface area contributed by atoms with Crippen molar-refractivity contribution in [3.63, 3.8) is 0 Å². The van der Waals surface area contributed by atoms with Crippen LogP contribution in [0, 0.1) is 5.41 Å². The van der Waals surface area contributed by atoms with Crippen LogP contribution in [0.2, 0.25) is 0 Å². The van der Waals surface area contributed by atoms with Crippen molar-refractivity contribution in [2.75, 3.05) is 17.3 Å². The molecule has 0 bridgehead atoms. The molecule has 1 aromatic rings. The minimum absolute atomic E-state index is 0.0933. The molecule has 5 nitrogen and oxygen atoms in total. The van der Waals surface area contributed by atoms with Gasteiger partial charge >= 0.3 is 0 Å². The number of hydrogen-bond donors (Lipinski definition) is 3. The molecule has 1 aliphatic carbocycles. The smallest absolute Gasteiger partial charge is 0.145 e. The predicted octanol–water partition coefficient (Wildman–Crippen LogP) is 3.05. The van der Waals surface area contributed by atoms with Crippen molar-refractivity contribution in [1.29, 1.82) is 0 Å². The number of anilines is 2. The van der Waals surface area contributed by atoms with Crippen LogP contribution >= 0.6 is 0 Å². The third-order valence-electron chi connectivity index (χ3n) is 3.93. The predicted molar refractivity (Wildman–Crippen MR) is 83.6 cm³/mol. The van der Waals surface area contributed by atoms with Crippen molar-refractivity contribution in [3.05, 3.63) is 11.9 Å². The maximum Gasteiger partial charge on any atom is 0.145 e. The molecule has 1 aromatic heterocycles. The van der Waals surface area contributed by atoms with Crippen molar-refractivity contribution in [3.8, 4) is 0 Å². The Bertz CT molecular complexity index is 460. The molecular weight excluding hydrogens is 250 g/mol. The molecule has 0 radical (unpaired) electrons. The molecule has 1 fully saturated rings. The van der Waals surface area contributed by atoms with Crippen LogP contribution < -0.4 is 16.6 Å². The lowest BCUT2D eigenvalue weighted by atomic mass is 9.96. The highest BCUT2D eigenvalue weighted by Gasteiger charge is 2.41. The fourth-order valence-electron chi connectivity index (χ4n) is 2.45. The molecule has 0 spiro atoms. The average Bonchev–Trinajstić information content (AvgIpc) is 3.16. The molecule has 0 saturated heterocycles. The monoisotopic (exact) mass is 277 g/mol. The number of aromatic nitrogens is 2. The maximum atomic E-state index is 5.50. The normalized spacial score (nSPS) is 16.9. The Labute approximate surface area is 121 Å². The van der Waals surface area contributed by atoms with Crippen molar-refractivity contribution < 1.29 is 0 Å². The van der Waals surface area contributed by atoms with Gasteiger partial charge in [0.1, 0.15) is 17.5 Å². The molecular formula is C15H27N5. The van der Waals surface area contributed by atoms with Crippen LogP contribution in [-0.4, -0.2) is 16.5 Å². The maximum absolute atomic E-state index is 5.50. The number of rotatable bonds is 6. The largest absolute Gasteiger partial charge is 0.369 e. The number of hydrogen-bond acceptors (Lipinski definition) is 5. The third kappa shape index (κ3) is 3.60. The van der Waals surface area contributed by atoms with Crippen molar-refractivity contribution >= 4 is 11.6 Å². The topological polar surface area (TPSA) is 75.9 Å². The van der Waals surface area contributed by atoms with Gasteiger partial charge in [0, 0.05) is 18.0 Å². The Kier molecular flexibility index (Phi) is 4.18. The van der Waals surface area contributed by atoms with E-state index >= 15 is 0 Å². The van der Waals surface area contributed by atoms with Gasteiger partial charge < -0.3 is 10.7 Å². The minimum Gasteiger partial charge on any atom is -0.369 e. The standard InChI is InChI=1S/C15H27N5/c1-5-6-15(7-8-15)10-17-11-9-12(20-16)19-13(18-11)14(2,3)4/h9H,5-8,10,16H2,1-4H3,(H2,17,18,19,20). The summed E-state index contributed by atoms with van der Waals surface area (Å²) in [4.78, 5) is 9.06. The zero-order chi connectivity index (χ0) is 14.8. The highest BCUT2D eigenvalue weighted by Crippen LogP contribution is 2.49. The first kappa shape index (κ1) is 15.0. The van der Waals surface area contributed by atoms with Crippen LogP contribution in [0.4, 0.5) is 11.6 Å². The van der Waals surface area contributed by atoms with Crippen molar-refractivity contribution in [1.82, 2.24) is 9.97 Å². The van der Waals surface area contributed by atoms with Crippen LogP contribution in [0.5, 0.6) is 0 Å². The highest BCUT2D eigenvalue weighted by atomic mass is 15.3. The fraction of sp³-hybridized carbons (Fsp3) is 0.733. The first-order valence-electron chi connectivity index (χ1n) is 7.49. The van der Waals surface area contributed by atoms with Crippen LogP contribution in [0.1, 0.15) is 59.2 Å². The van der Waals surface area contributed by atoms with Gasteiger partial charge in [-0.3, -0.25) is 0 Å². The van der Waals surface area contributed by atoms with Crippen LogP contribution in [0.15, 0.2) is 6.07 Å². The summed E-state index contributed by atoms with van der Waals surface area (Å²) in [6.45, 7) is 9.55. The summed E-state index contributed by atoms with van der Waals surface area (Å²) in [5.41, 5.74) is 3.03. The first-order chi connectivity index (χ1) is 9.38. The lowest BCUT2D eigenvalue weighted by molar-refractivity contribution is 0.484. The number of nitrogens with two attached hydrogens (primary N) is 1. The fourth-order valence-corrected chi connectivity index (χ4v) is 2.45. The lowest BCUT2D eigenvalue weighted by Gasteiger charge is -2.20. The quantitative estimate of drug-likeness (QED) is 0.550. The van der Waals surface area contributed by atoms with E-state index in [-0.39, 0.29) is 5.41 Å². The lowest BCUT2D eigenvalue weighted by Crippen LogP contribution is -2.21. The molecule has 1 saturated carbocycles. The van der Waals surface area contributed by atoms with E-state index in [1.54, 1.807) is 0 Å². The second-order valence-corrected chi connectivity index (χ2v) is 6.96. The average molecular weight is 277 g/mol. The molecule has 0 atom stereocenters. The van der Waals surface area contributed by atoms with E-state index < -0.39 is 0 Å². The molecule has 0 unspecified atom stereocenters. The van der Waals surface area contributed by atoms with Crippen LogP contribution in [0.3, 0.4) is 0 Å². The molecule has 112 valence electrons. The van der Waals surface area contributed by atoms with E-state index in [1.165, 1.54) is 25.7 Å². The Morgan fingerprint density at radius 3 is 2.40 bits per heavy atom. The molecule has 1 aliphatic rings. The molecule has 1 heterocycles. The van der Waals surface area contributed by atoms with Gasteiger partial charge in [-0.25, -0.2) is 15.8 Å². The number of nitrogens with one attached hydrogen (secondary N) is 2. The van der Waals surface area contributed by atoms with Gasteiger partial charge in [-0.1, -0.05) is 34.1 Å².